The molecule has 1 N–H and O–H groups in total. The van der Waals surface area contributed by atoms with E-state index in [-0.39, 0.29) is 23.8 Å². The first kappa shape index (κ1) is 10.9. The summed E-state index contributed by atoms with van der Waals surface area (Å²) in [7, 11) is 0. The Bertz CT molecular complexity index is 407. The van der Waals surface area contributed by atoms with Crippen molar-refractivity contribution in [2.75, 3.05) is 6.54 Å². The molecule has 2 heterocycles. The minimum absolute atomic E-state index is 0.0944. The summed E-state index contributed by atoms with van der Waals surface area (Å²) in [4.78, 5) is 28.1. The number of rotatable bonds is 1. The van der Waals surface area contributed by atoms with Gasteiger partial charge in [0.2, 0.25) is 0 Å². The van der Waals surface area contributed by atoms with Crippen molar-refractivity contribution in [3.05, 3.63) is 24.0 Å². The van der Waals surface area contributed by atoms with E-state index in [4.69, 9.17) is 0 Å². The third kappa shape index (κ3) is 1.87. The van der Waals surface area contributed by atoms with Gasteiger partial charge in [0.1, 0.15) is 5.69 Å². The lowest BCUT2D eigenvalue weighted by atomic mass is 9.89. The Morgan fingerprint density at radius 1 is 1.50 bits per heavy atom. The first-order valence-electron chi connectivity index (χ1n) is 5.48. The number of hydrogen-bond acceptors (Lipinski definition) is 2. The predicted octanol–water partition coefficient (Wildman–Crippen LogP) is 1.60. The van der Waals surface area contributed by atoms with Crippen LogP contribution in [0.5, 0.6) is 0 Å². The summed E-state index contributed by atoms with van der Waals surface area (Å²) in [5.74, 6) is 0.0438. The fraction of sp³-hybridized carbons (Fsp3) is 0.500. The summed E-state index contributed by atoms with van der Waals surface area (Å²) in [5, 5.41) is 0. The number of likely N-dealkylation sites (tertiary alicyclic amines) is 1. The fourth-order valence-corrected chi connectivity index (χ4v) is 2.01. The second kappa shape index (κ2) is 3.77. The zero-order valence-electron chi connectivity index (χ0n) is 9.62. The normalized spacial score (nSPS) is 19.9. The Morgan fingerprint density at radius 3 is 2.88 bits per heavy atom. The van der Waals surface area contributed by atoms with Gasteiger partial charge in [-0.2, -0.15) is 0 Å². The van der Waals surface area contributed by atoms with E-state index in [1.54, 1.807) is 23.2 Å². The molecule has 0 atom stereocenters. The van der Waals surface area contributed by atoms with Crippen LogP contribution < -0.4 is 0 Å². The van der Waals surface area contributed by atoms with Crippen molar-refractivity contribution >= 4 is 11.7 Å². The van der Waals surface area contributed by atoms with Gasteiger partial charge in [0, 0.05) is 18.2 Å². The number of piperidine rings is 1. The topological polar surface area (TPSA) is 53.2 Å². The lowest BCUT2D eigenvalue weighted by Gasteiger charge is -2.41. The van der Waals surface area contributed by atoms with Crippen LogP contribution >= 0.6 is 0 Å². The van der Waals surface area contributed by atoms with Crippen molar-refractivity contribution in [2.45, 2.75) is 32.2 Å². The molecule has 0 spiro atoms. The highest BCUT2D eigenvalue weighted by molar-refractivity contribution is 5.96. The Hall–Kier alpha value is -1.58. The van der Waals surface area contributed by atoms with Crippen molar-refractivity contribution in [3.63, 3.8) is 0 Å². The molecule has 1 amide bonds. The van der Waals surface area contributed by atoms with Crippen molar-refractivity contribution in [3.8, 4) is 0 Å². The quantitative estimate of drug-likeness (QED) is 0.781. The zero-order chi connectivity index (χ0) is 11.8. The second-order valence-corrected chi connectivity index (χ2v) is 4.83. The highest BCUT2D eigenvalue weighted by Gasteiger charge is 2.37. The van der Waals surface area contributed by atoms with Crippen LogP contribution in [0.1, 0.15) is 37.2 Å². The minimum atomic E-state index is -0.240. The van der Waals surface area contributed by atoms with E-state index >= 15 is 0 Å². The number of aromatic nitrogens is 1. The third-order valence-electron chi connectivity index (χ3n) is 3.15. The van der Waals surface area contributed by atoms with E-state index in [0.717, 1.165) is 6.42 Å². The summed E-state index contributed by atoms with van der Waals surface area (Å²) in [6.45, 7) is 4.23. The molecule has 1 aliphatic heterocycles. The van der Waals surface area contributed by atoms with Gasteiger partial charge in [0.25, 0.3) is 5.91 Å². The molecule has 0 saturated carbocycles. The monoisotopic (exact) mass is 220 g/mol. The highest BCUT2D eigenvalue weighted by Crippen LogP contribution is 2.27. The third-order valence-corrected chi connectivity index (χ3v) is 3.15. The van der Waals surface area contributed by atoms with Crippen LogP contribution in [0.4, 0.5) is 0 Å². The molecule has 1 aromatic rings. The molecule has 0 radical (unpaired) electrons. The van der Waals surface area contributed by atoms with Crippen LogP contribution in [0.2, 0.25) is 0 Å². The van der Waals surface area contributed by atoms with E-state index in [0.29, 0.717) is 12.1 Å². The van der Waals surface area contributed by atoms with Gasteiger partial charge in [-0.05, 0) is 32.4 Å². The van der Waals surface area contributed by atoms with Gasteiger partial charge in [-0.3, -0.25) is 9.59 Å². The van der Waals surface area contributed by atoms with Gasteiger partial charge in [-0.15, -0.1) is 0 Å². The summed E-state index contributed by atoms with van der Waals surface area (Å²) in [6.07, 6.45) is 3.02. The number of Topliss-reactive ketones (excluding diaryl/α,β-unsaturated/α-hetero) is 1. The number of nitrogens with one attached hydrogen (secondary N) is 1. The Balaban J connectivity index is 2.24. The van der Waals surface area contributed by atoms with Gasteiger partial charge >= 0.3 is 0 Å². The maximum Gasteiger partial charge on any atom is 0.271 e. The van der Waals surface area contributed by atoms with Gasteiger partial charge in [-0.25, -0.2) is 0 Å². The van der Waals surface area contributed by atoms with Gasteiger partial charge in [0.05, 0.1) is 6.54 Å². The molecule has 1 aromatic heterocycles. The van der Waals surface area contributed by atoms with E-state index in [1.807, 2.05) is 13.8 Å². The number of H-pyrrole nitrogens is 1. The van der Waals surface area contributed by atoms with Crippen molar-refractivity contribution in [2.24, 2.45) is 0 Å². The summed E-state index contributed by atoms with van der Waals surface area (Å²) >= 11 is 0. The first-order chi connectivity index (χ1) is 7.50. The van der Waals surface area contributed by atoms with E-state index in [2.05, 4.69) is 4.98 Å². The Morgan fingerprint density at radius 2 is 2.25 bits per heavy atom. The molecule has 4 heteroatoms. The fourth-order valence-electron chi connectivity index (χ4n) is 2.01. The maximum atomic E-state index is 12.2. The van der Waals surface area contributed by atoms with Crippen LogP contribution in [-0.2, 0) is 4.79 Å². The molecule has 0 aliphatic carbocycles. The van der Waals surface area contributed by atoms with Crippen molar-refractivity contribution in [1.82, 2.24) is 9.88 Å². The SMILES string of the molecule is CC1(C)CCC(=O)CN1C(=O)c1ccc[nH]1. The first-order valence-corrected chi connectivity index (χ1v) is 5.48. The van der Waals surface area contributed by atoms with E-state index in [1.165, 1.54) is 0 Å². The van der Waals surface area contributed by atoms with Crippen LogP contribution in [0, 0.1) is 0 Å². The lowest BCUT2D eigenvalue weighted by Crippen LogP contribution is -2.53. The summed E-state index contributed by atoms with van der Waals surface area (Å²) in [6, 6.07) is 3.52. The highest BCUT2D eigenvalue weighted by atomic mass is 16.2. The molecule has 1 aliphatic rings. The standard InChI is InChI=1S/C12H16N2O2/c1-12(2)6-5-9(15)8-14(12)11(16)10-4-3-7-13-10/h3-4,7,13H,5-6,8H2,1-2H3. The van der Waals surface area contributed by atoms with Crippen molar-refractivity contribution in [1.29, 1.82) is 0 Å². The number of ketones is 1. The number of hydrogen-bond donors (Lipinski definition) is 1. The van der Waals surface area contributed by atoms with E-state index < -0.39 is 0 Å². The molecule has 0 bridgehead atoms. The lowest BCUT2D eigenvalue weighted by molar-refractivity contribution is -0.124. The molecule has 0 aromatic carbocycles. The number of carbonyl (C=O) groups excluding carboxylic acids is 2. The van der Waals surface area contributed by atoms with E-state index in [9.17, 15) is 9.59 Å². The van der Waals surface area contributed by atoms with Crippen LogP contribution in [-0.4, -0.2) is 33.7 Å². The summed E-state index contributed by atoms with van der Waals surface area (Å²) < 4.78 is 0. The number of nitrogens with zero attached hydrogens (tertiary/aromatic N) is 1. The minimum Gasteiger partial charge on any atom is -0.357 e. The largest absolute Gasteiger partial charge is 0.357 e. The Kier molecular flexibility index (Phi) is 2.58. The average molecular weight is 220 g/mol. The van der Waals surface area contributed by atoms with Gasteiger partial charge in [0.15, 0.2) is 5.78 Å². The zero-order valence-corrected chi connectivity index (χ0v) is 9.62. The van der Waals surface area contributed by atoms with Gasteiger partial charge in [-0.1, -0.05) is 0 Å². The number of amides is 1. The van der Waals surface area contributed by atoms with Gasteiger partial charge < -0.3 is 9.88 Å². The molecule has 4 nitrogen and oxygen atoms in total. The molecule has 1 fully saturated rings. The summed E-state index contributed by atoms with van der Waals surface area (Å²) in [5.41, 5.74) is 0.304. The molecule has 86 valence electrons. The van der Waals surface area contributed by atoms with Crippen LogP contribution in [0.15, 0.2) is 18.3 Å². The Labute approximate surface area is 94.6 Å². The van der Waals surface area contributed by atoms with Crippen molar-refractivity contribution < 1.29 is 9.59 Å². The number of carbonyl (C=O) groups is 2. The molecule has 2 rings (SSSR count). The second-order valence-electron chi connectivity index (χ2n) is 4.83. The molecule has 0 unspecified atom stereocenters. The average Bonchev–Trinajstić information content (AvgIpc) is 2.74. The van der Waals surface area contributed by atoms with Crippen LogP contribution in [0.3, 0.4) is 0 Å². The molecular weight excluding hydrogens is 204 g/mol. The predicted molar refractivity (Wildman–Crippen MR) is 60.1 cm³/mol. The smallest absolute Gasteiger partial charge is 0.271 e. The molecule has 16 heavy (non-hydrogen) atoms. The molecular formula is C12H16N2O2. The maximum absolute atomic E-state index is 12.2. The van der Waals surface area contributed by atoms with Crippen LogP contribution in [0.25, 0.3) is 0 Å². The number of aromatic amines is 1. The molecule has 1 saturated heterocycles.